The van der Waals surface area contributed by atoms with Crippen LogP contribution in [-0.4, -0.2) is 28.0 Å². The first-order chi connectivity index (χ1) is 10.0. The maximum absolute atomic E-state index is 12.4. The maximum atomic E-state index is 12.4. The molecule has 2 rings (SSSR count). The summed E-state index contributed by atoms with van der Waals surface area (Å²) in [5, 5.41) is 16.2. The third kappa shape index (κ3) is 3.10. The second kappa shape index (κ2) is 6.21. The number of fused-ring (bicyclic) bond motifs is 1. The van der Waals surface area contributed by atoms with Crippen LogP contribution in [0.15, 0.2) is 41.7 Å². The minimum absolute atomic E-state index is 0.0140. The Balaban J connectivity index is 2.34. The van der Waals surface area contributed by atoms with E-state index in [1.807, 2.05) is 44.2 Å². The minimum atomic E-state index is -0.553. The number of hydrogen-bond donors (Lipinski definition) is 3. The molecule has 1 aromatic heterocycles. The van der Waals surface area contributed by atoms with Gasteiger partial charge >= 0.3 is 0 Å². The smallest absolute Gasteiger partial charge is 0.271 e. The molecule has 4 N–H and O–H groups in total. The standard InChI is InChI=1S/C15H18N4O2/c1-9(2)12(14(16)19-21)18-15(20)13-11-6-4-3-5-10(11)7-8-17-13/h3-9,12,21H,1-2H3,(H2,16,19)(H,18,20). The number of hydrogen-bond acceptors (Lipinski definition) is 4. The molecule has 0 spiro atoms. The molecule has 6 heteroatoms. The highest BCUT2D eigenvalue weighted by molar-refractivity contribution is 6.06. The van der Waals surface area contributed by atoms with Gasteiger partial charge in [-0.2, -0.15) is 0 Å². The molecule has 1 heterocycles. The lowest BCUT2D eigenvalue weighted by molar-refractivity contribution is 0.0935. The van der Waals surface area contributed by atoms with E-state index in [2.05, 4.69) is 15.5 Å². The average Bonchev–Trinajstić information content (AvgIpc) is 2.50. The molecule has 1 aromatic carbocycles. The van der Waals surface area contributed by atoms with E-state index in [0.717, 1.165) is 10.8 Å². The summed E-state index contributed by atoms with van der Waals surface area (Å²) in [6, 6.07) is 8.79. The van der Waals surface area contributed by atoms with Crippen molar-refractivity contribution < 1.29 is 10.0 Å². The van der Waals surface area contributed by atoms with Crippen molar-refractivity contribution in [1.29, 1.82) is 0 Å². The Kier molecular flexibility index (Phi) is 4.37. The first-order valence-corrected chi connectivity index (χ1v) is 6.66. The van der Waals surface area contributed by atoms with Crippen molar-refractivity contribution in [3.63, 3.8) is 0 Å². The topological polar surface area (TPSA) is 101 Å². The van der Waals surface area contributed by atoms with Gasteiger partial charge in [0, 0.05) is 11.6 Å². The highest BCUT2D eigenvalue weighted by atomic mass is 16.4. The number of nitrogens with one attached hydrogen (secondary N) is 1. The van der Waals surface area contributed by atoms with Crippen molar-refractivity contribution in [2.45, 2.75) is 19.9 Å². The molecule has 0 aliphatic heterocycles. The normalized spacial score (nSPS) is 13.4. The summed E-state index contributed by atoms with van der Waals surface area (Å²) < 4.78 is 0. The van der Waals surface area contributed by atoms with Gasteiger partial charge < -0.3 is 16.3 Å². The van der Waals surface area contributed by atoms with E-state index < -0.39 is 6.04 Å². The van der Waals surface area contributed by atoms with Gasteiger partial charge in [-0.05, 0) is 17.4 Å². The van der Waals surface area contributed by atoms with Crippen LogP contribution in [0.1, 0.15) is 24.3 Å². The SMILES string of the molecule is CC(C)C(NC(=O)c1nccc2ccccc12)C(N)=NO. The number of pyridine rings is 1. The molecule has 1 amide bonds. The van der Waals surface area contributed by atoms with Crippen LogP contribution in [0.2, 0.25) is 0 Å². The number of carbonyl (C=O) groups excluding carboxylic acids is 1. The second-order valence-electron chi connectivity index (χ2n) is 5.10. The molecule has 1 atom stereocenters. The first kappa shape index (κ1) is 14.8. The lowest BCUT2D eigenvalue weighted by Gasteiger charge is -2.20. The van der Waals surface area contributed by atoms with Gasteiger partial charge in [0.1, 0.15) is 5.69 Å². The van der Waals surface area contributed by atoms with Crippen molar-refractivity contribution in [2.24, 2.45) is 16.8 Å². The Hall–Kier alpha value is -2.63. The molecular formula is C15H18N4O2. The predicted octanol–water partition coefficient (Wildman–Crippen LogP) is 1.74. The van der Waals surface area contributed by atoms with Gasteiger partial charge in [0.05, 0.1) is 6.04 Å². The fourth-order valence-electron chi connectivity index (χ4n) is 2.15. The number of amides is 1. The van der Waals surface area contributed by atoms with Crippen LogP contribution < -0.4 is 11.1 Å². The molecule has 21 heavy (non-hydrogen) atoms. The van der Waals surface area contributed by atoms with Crippen molar-refractivity contribution in [3.05, 3.63) is 42.2 Å². The van der Waals surface area contributed by atoms with Crippen LogP contribution in [0.3, 0.4) is 0 Å². The number of oxime groups is 1. The van der Waals surface area contributed by atoms with E-state index in [0.29, 0.717) is 5.69 Å². The van der Waals surface area contributed by atoms with E-state index in [1.54, 1.807) is 6.20 Å². The third-order valence-corrected chi connectivity index (χ3v) is 3.28. The monoisotopic (exact) mass is 286 g/mol. The van der Waals surface area contributed by atoms with Gasteiger partial charge in [-0.15, -0.1) is 0 Å². The van der Waals surface area contributed by atoms with Crippen LogP contribution in [0.25, 0.3) is 10.8 Å². The number of nitrogens with zero attached hydrogens (tertiary/aromatic N) is 2. The minimum Gasteiger partial charge on any atom is -0.409 e. The van der Waals surface area contributed by atoms with Crippen molar-refractivity contribution in [1.82, 2.24) is 10.3 Å². The zero-order valence-corrected chi connectivity index (χ0v) is 11.9. The summed E-state index contributed by atoms with van der Waals surface area (Å²) >= 11 is 0. The number of nitrogens with two attached hydrogens (primary N) is 1. The molecule has 0 aliphatic carbocycles. The summed E-state index contributed by atoms with van der Waals surface area (Å²) in [7, 11) is 0. The number of benzene rings is 1. The fourth-order valence-corrected chi connectivity index (χ4v) is 2.15. The van der Waals surface area contributed by atoms with Gasteiger partial charge in [-0.25, -0.2) is 0 Å². The molecule has 1 unspecified atom stereocenters. The Labute approximate surface area is 122 Å². The van der Waals surface area contributed by atoms with Crippen LogP contribution in [0.4, 0.5) is 0 Å². The lowest BCUT2D eigenvalue weighted by Crippen LogP contribution is -2.48. The number of rotatable bonds is 4. The Morgan fingerprint density at radius 3 is 2.71 bits per heavy atom. The molecule has 0 bridgehead atoms. The van der Waals surface area contributed by atoms with Gasteiger partial charge in [0.2, 0.25) is 0 Å². The third-order valence-electron chi connectivity index (χ3n) is 3.28. The Bertz CT molecular complexity index is 677. The van der Waals surface area contributed by atoms with E-state index >= 15 is 0 Å². The van der Waals surface area contributed by atoms with Gasteiger partial charge in [0.25, 0.3) is 5.91 Å². The van der Waals surface area contributed by atoms with E-state index in [9.17, 15) is 4.79 Å². The Morgan fingerprint density at radius 1 is 1.33 bits per heavy atom. The van der Waals surface area contributed by atoms with Crippen molar-refractivity contribution in [3.8, 4) is 0 Å². The van der Waals surface area contributed by atoms with Crippen LogP contribution in [0, 0.1) is 5.92 Å². The summed E-state index contributed by atoms with van der Waals surface area (Å²) in [5.74, 6) is -0.393. The lowest BCUT2D eigenvalue weighted by atomic mass is 10.0. The number of aromatic nitrogens is 1. The van der Waals surface area contributed by atoms with Crippen molar-refractivity contribution >= 4 is 22.5 Å². The molecular weight excluding hydrogens is 268 g/mol. The summed E-state index contributed by atoms with van der Waals surface area (Å²) in [6.07, 6.45) is 1.59. The quantitative estimate of drug-likeness (QED) is 0.345. The highest BCUT2D eigenvalue weighted by Gasteiger charge is 2.22. The largest absolute Gasteiger partial charge is 0.409 e. The summed E-state index contributed by atoms with van der Waals surface area (Å²) in [5.41, 5.74) is 5.95. The van der Waals surface area contributed by atoms with Gasteiger partial charge in [-0.1, -0.05) is 43.3 Å². The first-order valence-electron chi connectivity index (χ1n) is 6.66. The number of amidine groups is 1. The molecule has 0 saturated heterocycles. The fraction of sp³-hybridized carbons (Fsp3) is 0.267. The van der Waals surface area contributed by atoms with E-state index in [-0.39, 0.29) is 17.7 Å². The van der Waals surface area contributed by atoms with Crippen LogP contribution in [-0.2, 0) is 0 Å². The Morgan fingerprint density at radius 2 is 2.05 bits per heavy atom. The molecule has 0 fully saturated rings. The molecule has 0 radical (unpaired) electrons. The van der Waals surface area contributed by atoms with E-state index in [4.69, 9.17) is 10.9 Å². The zero-order chi connectivity index (χ0) is 15.4. The van der Waals surface area contributed by atoms with Crippen LogP contribution >= 0.6 is 0 Å². The van der Waals surface area contributed by atoms with Crippen molar-refractivity contribution in [2.75, 3.05) is 0 Å². The molecule has 2 aromatic rings. The van der Waals surface area contributed by atoms with Crippen LogP contribution in [0.5, 0.6) is 0 Å². The highest BCUT2D eigenvalue weighted by Crippen LogP contribution is 2.16. The van der Waals surface area contributed by atoms with Gasteiger partial charge in [0.15, 0.2) is 5.84 Å². The van der Waals surface area contributed by atoms with Gasteiger partial charge in [-0.3, -0.25) is 9.78 Å². The zero-order valence-electron chi connectivity index (χ0n) is 11.9. The number of carbonyl (C=O) groups is 1. The summed E-state index contributed by atoms with van der Waals surface area (Å²) in [4.78, 5) is 16.6. The molecule has 110 valence electrons. The maximum Gasteiger partial charge on any atom is 0.271 e. The predicted molar refractivity (Wildman–Crippen MR) is 81.2 cm³/mol. The average molecular weight is 286 g/mol. The molecule has 0 saturated carbocycles. The summed E-state index contributed by atoms with van der Waals surface area (Å²) in [6.45, 7) is 3.75. The molecule has 0 aliphatic rings. The molecule has 6 nitrogen and oxygen atoms in total. The second-order valence-corrected chi connectivity index (χ2v) is 5.10. The van der Waals surface area contributed by atoms with E-state index in [1.165, 1.54) is 0 Å².